The number of nitrogens with two attached hydrogens (primary N) is 1. The standard InChI is InChI=1S/C13H20ClN/c1-9(2)11-6-5-10(7-12(11)14)13(3,4)8-15/h5-7,9H,8,15H2,1-4H3. The summed E-state index contributed by atoms with van der Waals surface area (Å²) < 4.78 is 0. The van der Waals surface area contributed by atoms with Gasteiger partial charge in [0.2, 0.25) is 0 Å². The van der Waals surface area contributed by atoms with E-state index in [9.17, 15) is 0 Å². The van der Waals surface area contributed by atoms with Crippen LogP contribution in [0.2, 0.25) is 5.02 Å². The fraction of sp³-hybridized carbons (Fsp3) is 0.538. The molecule has 0 amide bonds. The summed E-state index contributed by atoms with van der Waals surface area (Å²) in [4.78, 5) is 0. The Morgan fingerprint density at radius 1 is 1.33 bits per heavy atom. The molecule has 1 nitrogen and oxygen atoms in total. The Bertz CT molecular complexity index is 342. The van der Waals surface area contributed by atoms with Gasteiger partial charge in [0.25, 0.3) is 0 Å². The van der Waals surface area contributed by atoms with E-state index >= 15 is 0 Å². The van der Waals surface area contributed by atoms with Crippen molar-refractivity contribution in [1.82, 2.24) is 0 Å². The molecule has 0 aliphatic heterocycles. The third-order valence-corrected chi connectivity index (χ3v) is 3.24. The third kappa shape index (κ3) is 2.73. The molecule has 0 aliphatic rings. The Balaban J connectivity index is 3.12. The molecule has 0 saturated carbocycles. The maximum Gasteiger partial charge on any atom is 0.0443 e. The van der Waals surface area contributed by atoms with Crippen LogP contribution in [-0.2, 0) is 5.41 Å². The van der Waals surface area contributed by atoms with Crippen molar-refractivity contribution in [1.29, 1.82) is 0 Å². The van der Waals surface area contributed by atoms with Crippen LogP contribution in [0.1, 0.15) is 44.7 Å². The highest BCUT2D eigenvalue weighted by Gasteiger charge is 2.19. The summed E-state index contributed by atoms with van der Waals surface area (Å²) in [7, 11) is 0. The quantitative estimate of drug-likeness (QED) is 0.834. The van der Waals surface area contributed by atoms with Crippen molar-refractivity contribution in [2.24, 2.45) is 5.73 Å². The average Bonchev–Trinajstić information content (AvgIpc) is 2.17. The Kier molecular flexibility index (Phi) is 3.80. The van der Waals surface area contributed by atoms with Crippen molar-refractivity contribution in [3.63, 3.8) is 0 Å². The monoisotopic (exact) mass is 225 g/mol. The van der Waals surface area contributed by atoms with Gasteiger partial charge in [0.1, 0.15) is 0 Å². The highest BCUT2D eigenvalue weighted by Crippen LogP contribution is 2.30. The minimum atomic E-state index is -0.000844. The van der Waals surface area contributed by atoms with Crippen LogP contribution in [0, 0.1) is 0 Å². The van der Waals surface area contributed by atoms with Gasteiger partial charge in [-0.3, -0.25) is 0 Å². The van der Waals surface area contributed by atoms with E-state index in [4.69, 9.17) is 17.3 Å². The minimum Gasteiger partial charge on any atom is -0.330 e. The van der Waals surface area contributed by atoms with Crippen LogP contribution in [0.25, 0.3) is 0 Å². The van der Waals surface area contributed by atoms with E-state index in [1.165, 1.54) is 11.1 Å². The lowest BCUT2D eigenvalue weighted by atomic mass is 9.84. The van der Waals surface area contributed by atoms with Crippen molar-refractivity contribution in [3.8, 4) is 0 Å². The first-order chi connectivity index (χ1) is 6.88. The zero-order valence-corrected chi connectivity index (χ0v) is 10.7. The van der Waals surface area contributed by atoms with Crippen LogP contribution in [0.15, 0.2) is 18.2 Å². The molecule has 2 heteroatoms. The fourth-order valence-corrected chi connectivity index (χ4v) is 1.93. The van der Waals surface area contributed by atoms with Crippen LogP contribution < -0.4 is 5.73 Å². The predicted molar refractivity (Wildman–Crippen MR) is 67.6 cm³/mol. The van der Waals surface area contributed by atoms with Gasteiger partial charge in [-0.15, -0.1) is 0 Å². The molecule has 0 saturated heterocycles. The molecule has 0 atom stereocenters. The van der Waals surface area contributed by atoms with E-state index in [0.717, 1.165) is 5.02 Å². The molecular formula is C13H20ClN. The number of halogens is 1. The second kappa shape index (κ2) is 4.54. The Labute approximate surface area is 97.6 Å². The fourth-order valence-electron chi connectivity index (χ4n) is 1.53. The summed E-state index contributed by atoms with van der Waals surface area (Å²) >= 11 is 6.25. The number of benzene rings is 1. The highest BCUT2D eigenvalue weighted by atomic mass is 35.5. The van der Waals surface area contributed by atoms with Gasteiger partial charge in [-0.1, -0.05) is 51.4 Å². The zero-order chi connectivity index (χ0) is 11.6. The van der Waals surface area contributed by atoms with Crippen LogP contribution in [0.4, 0.5) is 0 Å². The predicted octanol–water partition coefficient (Wildman–Crippen LogP) is 3.70. The molecule has 2 N–H and O–H groups in total. The molecule has 0 aromatic heterocycles. The molecule has 0 spiro atoms. The van der Waals surface area contributed by atoms with Gasteiger partial charge in [-0.05, 0) is 23.1 Å². The summed E-state index contributed by atoms with van der Waals surface area (Å²) in [6.45, 7) is 9.19. The topological polar surface area (TPSA) is 26.0 Å². The van der Waals surface area contributed by atoms with Gasteiger partial charge in [0, 0.05) is 17.0 Å². The van der Waals surface area contributed by atoms with Crippen LogP contribution >= 0.6 is 11.6 Å². The van der Waals surface area contributed by atoms with Crippen LogP contribution in [-0.4, -0.2) is 6.54 Å². The van der Waals surface area contributed by atoms with E-state index in [1.54, 1.807) is 0 Å². The molecule has 84 valence electrons. The SMILES string of the molecule is CC(C)c1ccc(C(C)(C)CN)cc1Cl. The second-order valence-electron chi connectivity index (χ2n) is 4.98. The molecule has 1 aromatic rings. The van der Waals surface area contributed by atoms with Crippen molar-refractivity contribution >= 4 is 11.6 Å². The molecule has 0 fully saturated rings. The smallest absolute Gasteiger partial charge is 0.0443 e. The minimum absolute atomic E-state index is 0.000844. The first kappa shape index (κ1) is 12.5. The van der Waals surface area contributed by atoms with Crippen LogP contribution in [0.5, 0.6) is 0 Å². The summed E-state index contributed by atoms with van der Waals surface area (Å²) in [6.07, 6.45) is 0. The second-order valence-corrected chi connectivity index (χ2v) is 5.39. The summed E-state index contributed by atoms with van der Waals surface area (Å²) in [5.74, 6) is 0.465. The Morgan fingerprint density at radius 3 is 2.33 bits per heavy atom. The van der Waals surface area contributed by atoms with E-state index < -0.39 is 0 Å². The lowest BCUT2D eigenvalue weighted by molar-refractivity contribution is 0.539. The molecule has 1 rings (SSSR count). The normalized spacial score (nSPS) is 12.2. The molecule has 0 radical (unpaired) electrons. The maximum absolute atomic E-state index is 6.25. The zero-order valence-electron chi connectivity index (χ0n) is 9.97. The van der Waals surface area contributed by atoms with E-state index in [1.807, 2.05) is 6.07 Å². The maximum atomic E-state index is 6.25. The Hall–Kier alpha value is -0.530. The van der Waals surface area contributed by atoms with Gasteiger partial charge >= 0.3 is 0 Å². The molecule has 0 aliphatic carbocycles. The number of rotatable bonds is 3. The van der Waals surface area contributed by atoms with Gasteiger partial charge in [-0.25, -0.2) is 0 Å². The molecule has 1 aromatic carbocycles. The lowest BCUT2D eigenvalue weighted by Gasteiger charge is -2.24. The highest BCUT2D eigenvalue weighted by molar-refractivity contribution is 6.31. The van der Waals surface area contributed by atoms with Crippen LogP contribution in [0.3, 0.4) is 0 Å². The summed E-state index contributed by atoms with van der Waals surface area (Å²) in [6, 6.07) is 6.29. The van der Waals surface area contributed by atoms with Crippen molar-refractivity contribution in [3.05, 3.63) is 34.3 Å². The van der Waals surface area contributed by atoms with E-state index in [0.29, 0.717) is 12.5 Å². The number of hydrogen-bond donors (Lipinski definition) is 1. The number of hydrogen-bond acceptors (Lipinski definition) is 1. The third-order valence-electron chi connectivity index (χ3n) is 2.91. The van der Waals surface area contributed by atoms with Gasteiger partial charge < -0.3 is 5.73 Å². The first-order valence-corrected chi connectivity index (χ1v) is 5.76. The first-order valence-electron chi connectivity index (χ1n) is 5.38. The molecule has 0 unspecified atom stereocenters. The van der Waals surface area contributed by atoms with Crippen molar-refractivity contribution in [2.45, 2.75) is 39.0 Å². The summed E-state index contributed by atoms with van der Waals surface area (Å²) in [5.41, 5.74) is 8.15. The largest absolute Gasteiger partial charge is 0.330 e. The van der Waals surface area contributed by atoms with Gasteiger partial charge in [0.05, 0.1) is 0 Å². The average molecular weight is 226 g/mol. The summed E-state index contributed by atoms with van der Waals surface area (Å²) in [5, 5.41) is 0.851. The molecular weight excluding hydrogens is 206 g/mol. The van der Waals surface area contributed by atoms with E-state index in [-0.39, 0.29) is 5.41 Å². The van der Waals surface area contributed by atoms with Gasteiger partial charge in [-0.2, -0.15) is 0 Å². The van der Waals surface area contributed by atoms with Crippen molar-refractivity contribution in [2.75, 3.05) is 6.54 Å². The van der Waals surface area contributed by atoms with Crippen molar-refractivity contribution < 1.29 is 0 Å². The van der Waals surface area contributed by atoms with Gasteiger partial charge in [0.15, 0.2) is 0 Å². The molecule has 15 heavy (non-hydrogen) atoms. The Morgan fingerprint density at radius 2 is 1.93 bits per heavy atom. The molecule has 0 heterocycles. The lowest BCUT2D eigenvalue weighted by Crippen LogP contribution is -2.28. The molecule has 0 bridgehead atoms. The van der Waals surface area contributed by atoms with E-state index in [2.05, 4.69) is 39.8 Å².